The van der Waals surface area contributed by atoms with Gasteiger partial charge in [0, 0.05) is 12.2 Å². The van der Waals surface area contributed by atoms with E-state index in [4.69, 9.17) is 0 Å². The van der Waals surface area contributed by atoms with E-state index in [1.807, 2.05) is 6.92 Å². The first-order valence-electron chi connectivity index (χ1n) is 6.54. The van der Waals surface area contributed by atoms with Gasteiger partial charge in [-0.25, -0.2) is 12.8 Å². The Bertz CT molecular complexity index is 533. The average Bonchev–Trinajstić information content (AvgIpc) is 2.68. The third kappa shape index (κ3) is 3.98. The second-order valence-corrected chi connectivity index (χ2v) is 7.28. The van der Waals surface area contributed by atoms with E-state index in [-0.39, 0.29) is 29.3 Å². The smallest absolute Gasteiger partial charge is 0.150 e. The van der Waals surface area contributed by atoms with E-state index in [9.17, 15) is 12.8 Å². The van der Waals surface area contributed by atoms with E-state index >= 15 is 0 Å². The van der Waals surface area contributed by atoms with Gasteiger partial charge >= 0.3 is 0 Å². The Balaban J connectivity index is 2.08. The van der Waals surface area contributed by atoms with Crippen LogP contribution in [-0.2, 0) is 9.84 Å². The van der Waals surface area contributed by atoms with Crippen LogP contribution in [0.1, 0.15) is 31.4 Å². The fourth-order valence-electron chi connectivity index (χ4n) is 2.59. The summed E-state index contributed by atoms with van der Waals surface area (Å²) in [6, 6.07) is 1.43. The van der Waals surface area contributed by atoms with Crippen LogP contribution in [0.4, 0.5) is 4.39 Å². The van der Waals surface area contributed by atoms with Gasteiger partial charge < -0.3 is 5.32 Å². The van der Waals surface area contributed by atoms with Crippen molar-refractivity contribution < 1.29 is 12.8 Å². The number of pyridine rings is 1. The lowest BCUT2D eigenvalue weighted by Gasteiger charge is -2.21. The molecule has 1 aromatic rings. The van der Waals surface area contributed by atoms with Crippen molar-refractivity contribution in [1.29, 1.82) is 0 Å². The van der Waals surface area contributed by atoms with Crippen LogP contribution in [-0.4, -0.2) is 31.5 Å². The first-order chi connectivity index (χ1) is 9.00. The van der Waals surface area contributed by atoms with E-state index in [1.165, 1.54) is 12.3 Å². The molecule has 2 heterocycles. The summed E-state index contributed by atoms with van der Waals surface area (Å²) in [4.78, 5) is 3.86. The third-order valence-corrected chi connectivity index (χ3v) is 5.31. The van der Waals surface area contributed by atoms with Crippen LogP contribution in [0, 0.1) is 11.7 Å². The second kappa shape index (κ2) is 5.96. The van der Waals surface area contributed by atoms with Gasteiger partial charge in [-0.05, 0) is 36.9 Å². The van der Waals surface area contributed by atoms with Crippen molar-refractivity contribution in [2.24, 2.45) is 5.92 Å². The molecule has 0 spiro atoms. The molecule has 0 bridgehead atoms. The highest BCUT2D eigenvalue weighted by atomic mass is 32.2. The highest BCUT2D eigenvalue weighted by molar-refractivity contribution is 7.91. The summed E-state index contributed by atoms with van der Waals surface area (Å²) in [6.45, 7) is 2.73. The van der Waals surface area contributed by atoms with Gasteiger partial charge in [0.15, 0.2) is 9.84 Å². The molecule has 2 rings (SSSR count). The summed E-state index contributed by atoms with van der Waals surface area (Å²) in [5.74, 6) is 0.312. The normalized spacial score (nSPS) is 23.4. The van der Waals surface area contributed by atoms with E-state index < -0.39 is 9.84 Å². The lowest BCUT2D eigenvalue weighted by Crippen LogP contribution is -2.24. The lowest BCUT2D eigenvalue weighted by molar-refractivity contribution is 0.419. The van der Waals surface area contributed by atoms with Gasteiger partial charge in [-0.1, -0.05) is 6.92 Å². The molecule has 2 unspecified atom stereocenters. The fraction of sp³-hybridized carbons (Fsp3) is 0.615. The van der Waals surface area contributed by atoms with Crippen LogP contribution in [0.5, 0.6) is 0 Å². The first-order valence-corrected chi connectivity index (χ1v) is 8.36. The number of aromatic nitrogens is 1. The predicted molar refractivity (Wildman–Crippen MR) is 72.0 cm³/mol. The average molecular weight is 286 g/mol. The maximum absolute atomic E-state index is 13.2. The summed E-state index contributed by atoms with van der Waals surface area (Å²) in [5.41, 5.74) is 0.783. The maximum atomic E-state index is 13.2. The van der Waals surface area contributed by atoms with Crippen molar-refractivity contribution in [2.75, 3.05) is 18.1 Å². The molecular weight excluding hydrogens is 267 g/mol. The number of halogens is 1. The minimum Gasteiger partial charge on any atom is -0.310 e. The van der Waals surface area contributed by atoms with Crippen LogP contribution >= 0.6 is 0 Å². The monoisotopic (exact) mass is 286 g/mol. The summed E-state index contributed by atoms with van der Waals surface area (Å²) >= 11 is 0. The minimum atomic E-state index is -2.86. The standard InChI is InChI=1S/C13H19FN2O2S/c1-2-16-13(11-6-12(14)8-15-7-11)5-10-3-4-19(17,18)9-10/h6-8,10,13,16H,2-5,9H2,1H3. The molecule has 19 heavy (non-hydrogen) atoms. The molecule has 1 saturated heterocycles. The summed E-state index contributed by atoms with van der Waals surface area (Å²) in [6.07, 6.45) is 4.22. The number of hydrogen-bond acceptors (Lipinski definition) is 4. The van der Waals surface area contributed by atoms with Crippen molar-refractivity contribution in [3.8, 4) is 0 Å². The lowest BCUT2D eigenvalue weighted by atomic mass is 9.95. The SMILES string of the molecule is CCNC(CC1CCS(=O)(=O)C1)c1cncc(F)c1. The Morgan fingerprint density at radius 1 is 1.53 bits per heavy atom. The summed E-state index contributed by atoms with van der Waals surface area (Å²) in [5, 5.41) is 3.28. The fourth-order valence-corrected chi connectivity index (χ4v) is 4.47. The van der Waals surface area contributed by atoms with Crippen LogP contribution in [0.25, 0.3) is 0 Å². The zero-order chi connectivity index (χ0) is 13.9. The molecule has 6 heteroatoms. The molecule has 1 N–H and O–H groups in total. The predicted octanol–water partition coefficient (Wildman–Crippen LogP) is 1.70. The molecule has 0 saturated carbocycles. The van der Waals surface area contributed by atoms with Crippen molar-refractivity contribution in [2.45, 2.75) is 25.8 Å². The molecule has 1 aliphatic heterocycles. The van der Waals surface area contributed by atoms with Crippen molar-refractivity contribution >= 4 is 9.84 Å². The van der Waals surface area contributed by atoms with Crippen molar-refractivity contribution in [3.63, 3.8) is 0 Å². The Hall–Kier alpha value is -1.01. The first kappa shape index (κ1) is 14.4. The van der Waals surface area contributed by atoms with E-state index in [1.54, 1.807) is 6.20 Å². The topological polar surface area (TPSA) is 59.1 Å². The highest BCUT2D eigenvalue weighted by Gasteiger charge is 2.30. The van der Waals surface area contributed by atoms with Gasteiger partial charge in [0.2, 0.25) is 0 Å². The molecule has 1 fully saturated rings. The summed E-state index contributed by atoms with van der Waals surface area (Å²) < 4.78 is 36.2. The van der Waals surface area contributed by atoms with Crippen LogP contribution in [0.3, 0.4) is 0 Å². The number of hydrogen-bond donors (Lipinski definition) is 1. The van der Waals surface area contributed by atoms with Crippen LogP contribution in [0.15, 0.2) is 18.5 Å². The molecule has 0 aliphatic carbocycles. The largest absolute Gasteiger partial charge is 0.310 e. The number of sulfone groups is 1. The molecule has 0 amide bonds. The van der Waals surface area contributed by atoms with Gasteiger partial charge in [0.05, 0.1) is 17.7 Å². The number of nitrogens with one attached hydrogen (secondary N) is 1. The zero-order valence-electron chi connectivity index (χ0n) is 11.0. The second-order valence-electron chi connectivity index (χ2n) is 5.05. The van der Waals surface area contributed by atoms with Gasteiger partial charge in [-0.3, -0.25) is 4.98 Å². The van der Waals surface area contributed by atoms with Crippen molar-refractivity contribution in [1.82, 2.24) is 10.3 Å². The van der Waals surface area contributed by atoms with E-state index in [2.05, 4.69) is 10.3 Å². The van der Waals surface area contributed by atoms with Crippen LogP contribution < -0.4 is 5.32 Å². The highest BCUT2D eigenvalue weighted by Crippen LogP contribution is 2.28. The Morgan fingerprint density at radius 2 is 2.32 bits per heavy atom. The third-order valence-electron chi connectivity index (χ3n) is 3.47. The summed E-state index contributed by atoms with van der Waals surface area (Å²) in [7, 11) is -2.86. The van der Waals surface area contributed by atoms with Gasteiger partial charge in [-0.2, -0.15) is 0 Å². The maximum Gasteiger partial charge on any atom is 0.150 e. The van der Waals surface area contributed by atoms with E-state index in [0.29, 0.717) is 12.8 Å². The quantitative estimate of drug-likeness (QED) is 0.895. The molecule has 1 aliphatic rings. The Kier molecular flexibility index (Phi) is 4.52. The van der Waals surface area contributed by atoms with Gasteiger partial charge in [-0.15, -0.1) is 0 Å². The molecule has 4 nitrogen and oxygen atoms in total. The van der Waals surface area contributed by atoms with E-state index in [0.717, 1.165) is 12.1 Å². The Labute approximate surface area is 113 Å². The van der Waals surface area contributed by atoms with Crippen molar-refractivity contribution in [3.05, 3.63) is 29.8 Å². The molecule has 106 valence electrons. The van der Waals surface area contributed by atoms with Gasteiger partial charge in [0.1, 0.15) is 5.82 Å². The number of nitrogens with zero attached hydrogens (tertiary/aromatic N) is 1. The number of rotatable bonds is 5. The molecule has 2 atom stereocenters. The Morgan fingerprint density at radius 3 is 2.89 bits per heavy atom. The minimum absolute atomic E-state index is 0.0356. The van der Waals surface area contributed by atoms with Crippen LogP contribution in [0.2, 0.25) is 0 Å². The molecule has 0 aromatic carbocycles. The van der Waals surface area contributed by atoms with Gasteiger partial charge in [0.25, 0.3) is 0 Å². The zero-order valence-corrected chi connectivity index (χ0v) is 11.8. The molecule has 1 aromatic heterocycles. The molecular formula is C13H19FN2O2S. The molecule has 0 radical (unpaired) electrons.